The van der Waals surface area contributed by atoms with Gasteiger partial charge in [-0.25, -0.2) is 0 Å². The van der Waals surface area contributed by atoms with Crippen LogP contribution in [-0.2, 0) is 5.88 Å². The van der Waals surface area contributed by atoms with Crippen LogP contribution in [-0.4, -0.2) is 13.2 Å². The van der Waals surface area contributed by atoms with Crippen LogP contribution in [0.1, 0.15) is 12.0 Å². The fourth-order valence-electron chi connectivity index (χ4n) is 1.81. The highest BCUT2D eigenvalue weighted by atomic mass is 35.5. The van der Waals surface area contributed by atoms with Crippen molar-refractivity contribution in [1.29, 1.82) is 0 Å². The van der Waals surface area contributed by atoms with Crippen LogP contribution in [0.25, 0.3) is 0 Å². The Morgan fingerprint density at radius 1 is 0.947 bits per heavy atom. The van der Waals surface area contributed by atoms with Crippen molar-refractivity contribution >= 4 is 17.3 Å². The number of rotatable bonds is 7. The Morgan fingerprint density at radius 2 is 1.68 bits per heavy atom. The minimum absolute atomic E-state index is 0.531. The second-order valence-electron chi connectivity index (χ2n) is 4.23. The summed E-state index contributed by atoms with van der Waals surface area (Å²) in [4.78, 5) is 0. The second-order valence-corrected chi connectivity index (χ2v) is 4.50. The van der Waals surface area contributed by atoms with E-state index in [9.17, 15) is 0 Å². The fraction of sp³-hybridized carbons (Fsp3) is 0.250. The molecule has 100 valence electrons. The maximum Gasteiger partial charge on any atom is 0.119 e. The van der Waals surface area contributed by atoms with Gasteiger partial charge >= 0.3 is 0 Å². The molecule has 2 aromatic rings. The first-order chi connectivity index (χ1) is 9.40. The number of halogens is 1. The Morgan fingerprint density at radius 3 is 2.47 bits per heavy atom. The van der Waals surface area contributed by atoms with E-state index in [1.54, 1.807) is 0 Å². The van der Waals surface area contributed by atoms with Gasteiger partial charge in [-0.2, -0.15) is 0 Å². The molecule has 0 aromatic heterocycles. The summed E-state index contributed by atoms with van der Waals surface area (Å²) in [6.07, 6.45) is 0.950. The molecular weight excluding hydrogens is 258 g/mol. The summed E-state index contributed by atoms with van der Waals surface area (Å²) in [5, 5.41) is 3.39. The molecule has 0 unspecified atom stereocenters. The SMILES string of the molecule is ClCc1ccccc1NCCCOc1ccccc1. The lowest BCUT2D eigenvalue weighted by molar-refractivity contribution is 0.315. The average Bonchev–Trinajstić information content (AvgIpc) is 2.48. The van der Waals surface area contributed by atoms with E-state index in [0.717, 1.165) is 30.0 Å². The Bertz CT molecular complexity index is 487. The van der Waals surface area contributed by atoms with E-state index in [1.807, 2.05) is 48.5 Å². The van der Waals surface area contributed by atoms with Gasteiger partial charge in [0.1, 0.15) is 5.75 Å². The largest absolute Gasteiger partial charge is 0.494 e. The van der Waals surface area contributed by atoms with Gasteiger partial charge in [-0.15, -0.1) is 11.6 Å². The zero-order valence-corrected chi connectivity index (χ0v) is 11.6. The number of hydrogen-bond acceptors (Lipinski definition) is 2. The van der Waals surface area contributed by atoms with Crippen molar-refractivity contribution in [1.82, 2.24) is 0 Å². The van der Waals surface area contributed by atoms with Gasteiger partial charge < -0.3 is 10.1 Å². The molecule has 0 aliphatic carbocycles. The maximum atomic E-state index is 5.89. The van der Waals surface area contributed by atoms with Gasteiger partial charge in [-0.3, -0.25) is 0 Å². The van der Waals surface area contributed by atoms with E-state index in [4.69, 9.17) is 16.3 Å². The highest BCUT2D eigenvalue weighted by molar-refractivity contribution is 6.17. The summed E-state index contributed by atoms with van der Waals surface area (Å²) in [6, 6.07) is 18.0. The molecule has 2 aromatic carbocycles. The standard InChI is InChI=1S/C16H18ClNO/c17-13-14-7-4-5-10-16(14)18-11-6-12-19-15-8-2-1-3-9-15/h1-5,7-10,18H,6,11-13H2. The van der Waals surface area contributed by atoms with E-state index in [1.165, 1.54) is 0 Å². The molecule has 0 heterocycles. The predicted octanol–water partition coefficient (Wildman–Crippen LogP) is 4.31. The van der Waals surface area contributed by atoms with Crippen LogP contribution in [0.5, 0.6) is 5.75 Å². The summed E-state index contributed by atoms with van der Waals surface area (Å²) in [5.41, 5.74) is 2.24. The van der Waals surface area contributed by atoms with Gasteiger partial charge in [0.15, 0.2) is 0 Å². The van der Waals surface area contributed by atoms with E-state index in [0.29, 0.717) is 12.5 Å². The minimum atomic E-state index is 0.531. The second kappa shape index (κ2) is 7.70. The normalized spacial score (nSPS) is 10.2. The van der Waals surface area contributed by atoms with Gasteiger partial charge in [0.25, 0.3) is 0 Å². The Kier molecular flexibility index (Phi) is 5.57. The molecule has 19 heavy (non-hydrogen) atoms. The lowest BCUT2D eigenvalue weighted by atomic mass is 10.2. The Labute approximate surface area is 119 Å². The zero-order valence-electron chi connectivity index (χ0n) is 10.8. The van der Waals surface area contributed by atoms with Crippen LogP contribution >= 0.6 is 11.6 Å². The van der Waals surface area contributed by atoms with E-state index >= 15 is 0 Å². The molecule has 0 aliphatic heterocycles. The van der Waals surface area contributed by atoms with Crippen LogP contribution in [0.2, 0.25) is 0 Å². The van der Waals surface area contributed by atoms with Crippen LogP contribution in [0, 0.1) is 0 Å². The number of alkyl halides is 1. The number of nitrogens with one attached hydrogen (secondary N) is 1. The third-order valence-electron chi connectivity index (χ3n) is 2.81. The molecule has 0 spiro atoms. The van der Waals surface area contributed by atoms with Crippen LogP contribution in [0.15, 0.2) is 54.6 Å². The van der Waals surface area contributed by atoms with Crippen molar-refractivity contribution in [2.75, 3.05) is 18.5 Å². The van der Waals surface area contributed by atoms with Crippen molar-refractivity contribution in [3.05, 3.63) is 60.2 Å². The number of hydrogen-bond donors (Lipinski definition) is 1. The first kappa shape index (κ1) is 13.8. The lowest BCUT2D eigenvalue weighted by Crippen LogP contribution is -2.08. The van der Waals surface area contributed by atoms with Crippen molar-refractivity contribution in [3.8, 4) is 5.75 Å². The summed E-state index contributed by atoms with van der Waals surface area (Å²) < 4.78 is 5.63. The molecule has 0 amide bonds. The third kappa shape index (κ3) is 4.49. The quantitative estimate of drug-likeness (QED) is 0.601. The highest BCUT2D eigenvalue weighted by Crippen LogP contribution is 2.16. The summed E-state index contributed by atoms with van der Waals surface area (Å²) >= 11 is 5.89. The third-order valence-corrected chi connectivity index (χ3v) is 3.10. The molecule has 1 N–H and O–H groups in total. The smallest absolute Gasteiger partial charge is 0.119 e. The van der Waals surface area contributed by atoms with Crippen molar-refractivity contribution < 1.29 is 4.74 Å². The number of anilines is 1. The van der Waals surface area contributed by atoms with Gasteiger partial charge in [0.2, 0.25) is 0 Å². The van der Waals surface area contributed by atoms with Crippen molar-refractivity contribution in [2.24, 2.45) is 0 Å². The molecule has 0 saturated heterocycles. The van der Waals surface area contributed by atoms with E-state index < -0.39 is 0 Å². The topological polar surface area (TPSA) is 21.3 Å². The van der Waals surface area contributed by atoms with Crippen LogP contribution in [0.3, 0.4) is 0 Å². The first-order valence-electron chi connectivity index (χ1n) is 6.46. The fourth-order valence-corrected chi connectivity index (χ4v) is 2.04. The summed E-state index contributed by atoms with van der Waals surface area (Å²) in [5.74, 6) is 1.45. The van der Waals surface area contributed by atoms with Crippen molar-refractivity contribution in [3.63, 3.8) is 0 Å². The molecule has 0 atom stereocenters. The zero-order chi connectivity index (χ0) is 13.3. The van der Waals surface area contributed by atoms with Gasteiger partial charge in [-0.05, 0) is 30.2 Å². The van der Waals surface area contributed by atoms with Gasteiger partial charge in [0.05, 0.1) is 6.61 Å². The maximum absolute atomic E-state index is 5.89. The molecule has 3 heteroatoms. The molecule has 0 fully saturated rings. The van der Waals surface area contributed by atoms with Crippen molar-refractivity contribution in [2.45, 2.75) is 12.3 Å². The number of para-hydroxylation sites is 2. The molecule has 0 bridgehead atoms. The van der Waals surface area contributed by atoms with E-state index in [2.05, 4.69) is 11.4 Å². The average molecular weight is 276 g/mol. The minimum Gasteiger partial charge on any atom is -0.494 e. The monoisotopic (exact) mass is 275 g/mol. The Balaban J connectivity index is 1.69. The molecular formula is C16H18ClNO. The Hall–Kier alpha value is -1.67. The molecule has 0 radical (unpaired) electrons. The van der Waals surface area contributed by atoms with Gasteiger partial charge in [-0.1, -0.05) is 36.4 Å². The predicted molar refractivity (Wildman–Crippen MR) is 81.0 cm³/mol. The lowest BCUT2D eigenvalue weighted by Gasteiger charge is -2.10. The van der Waals surface area contributed by atoms with Gasteiger partial charge in [0, 0.05) is 18.1 Å². The molecule has 0 saturated carbocycles. The highest BCUT2D eigenvalue weighted by Gasteiger charge is 1.99. The number of benzene rings is 2. The van der Waals surface area contributed by atoms with Crippen LogP contribution < -0.4 is 10.1 Å². The van der Waals surface area contributed by atoms with Crippen LogP contribution in [0.4, 0.5) is 5.69 Å². The molecule has 2 nitrogen and oxygen atoms in total. The molecule has 2 rings (SSSR count). The summed E-state index contributed by atoms with van der Waals surface area (Å²) in [6.45, 7) is 1.58. The molecule has 0 aliphatic rings. The van der Waals surface area contributed by atoms with E-state index in [-0.39, 0.29) is 0 Å². The number of ether oxygens (including phenoxy) is 1. The first-order valence-corrected chi connectivity index (χ1v) is 6.99. The summed E-state index contributed by atoms with van der Waals surface area (Å²) in [7, 11) is 0.